The van der Waals surface area contributed by atoms with E-state index in [0.29, 0.717) is 10.5 Å². The van der Waals surface area contributed by atoms with Crippen molar-refractivity contribution in [2.24, 2.45) is 0 Å². The van der Waals surface area contributed by atoms with Crippen LogP contribution in [0, 0.1) is 6.92 Å². The van der Waals surface area contributed by atoms with Gasteiger partial charge >= 0.3 is 0 Å². The fraction of sp³-hybridized carbons (Fsp3) is 0.278. The predicted molar refractivity (Wildman–Crippen MR) is 91.5 cm³/mol. The van der Waals surface area contributed by atoms with Crippen LogP contribution in [0.5, 0.6) is 0 Å². The van der Waals surface area contributed by atoms with Crippen molar-refractivity contribution < 1.29 is 4.79 Å². The SMILES string of the molecule is Cc1ccc(C(=O)Nc2ccc(C(C)(C)C)cc2)c(S)c1. The summed E-state index contributed by atoms with van der Waals surface area (Å²) in [6.45, 7) is 8.48. The van der Waals surface area contributed by atoms with E-state index in [4.69, 9.17) is 0 Å². The predicted octanol–water partition coefficient (Wildman–Crippen LogP) is 4.83. The normalized spacial score (nSPS) is 11.3. The minimum atomic E-state index is -0.136. The average Bonchev–Trinajstić information content (AvgIpc) is 2.38. The average molecular weight is 299 g/mol. The number of aryl methyl sites for hydroxylation is 1. The lowest BCUT2D eigenvalue weighted by Crippen LogP contribution is -2.14. The molecule has 0 unspecified atom stereocenters. The van der Waals surface area contributed by atoms with E-state index in [1.54, 1.807) is 6.07 Å². The molecule has 21 heavy (non-hydrogen) atoms. The van der Waals surface area contributed by atoms with Gasteiger partial charge in [-0.3, -0.25) is 4.79 Å². The molecule has 2 aromatic rings. The second-order valence-corrected chi connectivity index (χ2v) is 6.78. The highest BCUT2D eigenvalue weighted by molar-refractivity contribution is 7.80. The number of benzene rings is 2. The third kappa shape index (κ3) is 3.88. The molecule has 0 aliphatic carbocycles. The minimum Gasteiger partial charge on any atom is -0.322 e. The van der Waals surface area contributed by atoms with Crippen LogP contribution in [-0.4, -0.2) is 5.91 Å². The zero-order chi connectivity index (χ0) is 15.6. The first-order chi connectivity index (χ1) is 9.77. The van der Waals surface area contributed by atoms with Crippen molar-refractivity contribution in [3.8, 4) is 0 Å². The quantitative estimate of drug-likeness (QED) is 0.764. The number of rotatable bonds is 2. The molecule has 0 bridgehead atoms. The van der Waals surface area contributed by atoms with Gasteiger partial charge in [-0.05, 0) is 47.7 Å². The first-order valence-corrected chi connectivity index (χ1v) is 7.43. The molecular weight excluding hydrogens is 278 g/mol. The van der Waals surface area contributed by atoms with E-state index >= 15 is 0 Å². The van der Waals surface area contributed by atoms with Gasteiger partial charge in [0.2, 0.25) is 0 Å². The van der Waals surface area contributed by atoms with Crippen LogP contribution in [0.15, 0.2) is 47.4 Å². The van der Waals surface area contributed by atoms with E-state index in [2.05, 4.69) is 38.7 Å². The Morgan fingerprint density at radius 2 is 1.67 bits per heavy atom. The minimum absolute atomic E-state index is 0.109. The molecule has 2 rings (SSSR count). The van der Waals surface area contributed by atoms with Crippen LogP contribution >= 0.6 is 12.6 Å². The van der Waals surface area contributed by atoms with Crippen LogP contribution in [-0.2, 0) is 5.41 Å². The van der Waals surface area contributed by atoms with Crippen molar-refractivity contribution in [3.05, 3.63) is 59.2 Å². The Balaban J connectivity index is 2.16. The molecule has 0 heterocycles. The number of amides is 1. The number of hydrogen-bond acceptors (Lipinski definition) is 2. The molecule has 1 N–H and O–H groups in total. The largest absolute Gasteiger partial charge is 0.322 e. The topological polar surface area (TPSA) is 29.1 Å². The Morgan fingerprint density at radius 3 is 2.19 bits per heavy atom. The van der Waals surface area contributed by atoms with E-state index in [-0.39, 0.29) is 11.3 Å². The second-order valence-electron chi connectivity index (χ2n) is 6.30. The van der Waals surface area contributed by atoms with E-state index in [1.807, 2.05) is 43.3 Å². The van der Waals surface area contributed by atoms with Gasteiger partial charge < -0.3 is 5.32 Å². The monoisotopic (exact) mass is 299 g/mol. The molecule has 2 aromatic carbocycles. The molecule has 0 fully saturated rings. The standard InChI is InChI=1S/C18H21NOS/c1-12-5-10-15(16(21)11-12)17(20)19-14-8-6-13(7-9-14)18(2,3)4/h5-11,21H,1-4H3,(H,19,20). The maximum absolute atomic E-state index is 12.3. The maximum atomic E-state index is 12.3. The van der Waals surface area contributed by atoms with Crippen molar-refractivity contribution in [1.29, 1.82) is 0 Å². The molecule has 110 valence electrons. The Labute approximate surface area is 132 Å². The number of nitrogens with one attached hydrogen (secondary N) is 1. The number of anilines is 1. The zero-order valence-electron chi connectivity index (χ0n) is 12.9. The van der Waals surface area contributed by atoms with Crippen LogP contribution < -0.4 is 5.32 Å². The number of thiol groups is 1. The Hall–Kier alpha value is -1.74. The highest BCUT2D eigenvalue weighted by atomic mass is 32.1. The number of carbonyl (C=O) groups excluding carboxylic acids is 1. The summed E-state index contributed by atoms with van der Waals surface area (Å²) in [4.78, 5) is 13.0. The van der Waals surface area contributed by atoms with Crippen molar-refractivity contribution in [2.45, 2.75) is 38.0 Å². The third-order valence-electron chi connectivity index (χ3n) is 3.41. The van der Waals surface area contributed by atoms with Gasteiger partial charge in [-0.2, -0.15) is 0 Å². The fourth-order valence-corrected chi connectivity index (χ4v) is 2.47. The molecule has 0 atom stereocenters. The molecule has 3 heteroatoms. The molecule has 0 spiro atoms. The van der Waals surface area contributed by atoms with Crippen LogP contribution in [0.25, 0.3) is 0 Å². The van der Waals surface area contributed by atoms with Gasteiger partial charge in [0.25, 0.3) is 5.91 Å². The van der Waals surface area contributed by atoms with Gasteiger partial charge in [0.05, 0.1) is 5.56 Å². The van der Waals surface area contributed by atoms with Gasteiger partial charge in [0, 0.05) is 10.6 Å². The van der Waals surface area contributed by atoms with Crippen molar-refractivity contribution >= 4 is 24.2 Å². The molecule has 0 aliphatic heterocycles. The van der Waals surface area contributed by atoms with Gasteiger partial charge in [-0.25, -0.2) is 0 Å². The molecule has 0 radical (unpaired) electrons. The molecule has 0 saturated carbocycles. The van der Waals surface area contributed by atoms with E-state index < -0.39 is 0 Å². The molecule has 0 aromatic heterocycles. The van der Waals surface area contributed by atoms with Crippen LogP contribution in [0.4, 0.5) is 5.69 Å². The van der Waals surface area contributed by atoms with E-state index in [9.17, 15) is 4.79 Å². The second kappa shape index (κ2) is 5.94. The molecule has 2 nitrogen and oxygen atoms in total. The maximum Gasteiger partial charge on any atom is 0.256 e. The Morgan fingerprint density at radius 1 is 1.05 bits per heavy atom. The lowest BCUT2D eigenvalue weighted by Gasteiger charge is -2.19. The van der Waals surface area contributed by atoms with Crippen molar-refractivity contribution in [3.63, 3.8) is 0 Å². The number of hydrogen-bond donors (Lipinski definition) is 2. The molecule has 1 amide bonds. The van der Waals surface area contributed by atoms with Crippen LogP contribution in [0.1, 0.15) is 42.3 Å². The molecule has 0 saturated heterocycles. The van der Waals surface area contributed by atoms with Gasteiger partial charge in [0.15, 0.2) is 0 Å². The summed E-state index contributed by atoms with van der Waals surface area (Å²) < 4.78 is 0. The number of carbonyl (C=O) groups is 1. The Bertz CT molecular complexity index is 654. The van der Waals surface area contributed by atoms with Gasteiger partial charge in [0.1, 0.15) is 0 Å². The van der Waals surface area contributed by atoms with Crippen molar-refractivity contribution in [1.82, 2.24) is 0 Å². The summed E-state index contributed by atoms with van der Waals surface area (Å²) in [5.74, 6) is -0.136. The van der Waals surface area contributed by atoms with Gasteiger partial charge in [-0.15, -0.1) is 12.6 Å². The third-order valence-corrected chi connectivity index (χ3v) is 3.78. The summed E-state index contributed by atoms with van der Waals surface area (Å²) >= 11 is 4.37. The van der Waals surface area contributed by atoms with Crippen LogP contribution in [0.3, 0.4) is 0 Å². The van der Waals surface area contributed by atoms with E-state index in [0.717, 1.165) is 11.3 Å². The summed E-state index contributed by atoms with van der Waals surface area (Å²) in [5, 5.41) is 2.91. The first-order valence-electron chi connectivity index (χ1n) is 6.99. The first kappa shape index (κ1) is 15.6. The fourth-order valence-electron chi connectivity index (χ4n) is 2.09. The highest BCUT2D eigenvalue weighted by Gasteiger charge is 2.14. The smallest absolute Gasteiger partial charge is 0.256 e. The lowest BCUT2D eigenvalue weighted by molar-refractivity contribution is 0.102. The molecule has 0 aliphatic rings. The van der Waals surface area contributed by atoms with Gasteiger partial charge in [-0.1, -0.05) is 39.0 Å². The zero-order valence-corrected chi connectivity index (χ0v) is 13.8. The summed E-state index contributed by atoms with van der Waals surface area (Å²) in [6, 6.07) is 13.6. The summed E-state index contributed by atoms with van der Waals surface area (Å²) in [7, 11) is 0. The lowest BCUT2D eigenvalue weighted by atomic mass is 9.87. The molecular formula is C18H21NOS. The van der Waals surface area contributed by atoms with Crippen LogP contribution in [0.2, 0.25) is 0 Å². The van der Waals surface area contributed by atoms with Crippen molar-refractivity contribution in [2.75, 3.05) is 5.32 Å². The highest BCUT2D eigenvalue weighted by Crippen LogP contribution is 2.24. The van der Waals surface area contributed by atoms with E-state index in [1.165, 1.54) is 5.56 Å². The Kier molecular flexibility index (Phi) is 4.43. The summed E-state index contributed by atoms with van der Waals surface area (Å²) in [5.41, 5.74) is 3.82. The summed E-state index contributed by atoms with van der Waals surface area (Å²) in [6.07, 6.45) is 0.